The number of sulfonamides is 1. The fraction of sp³-hybridized carbons (Fsp3) is 0.923. The van der Waals surface area contributed by atoms with E-state index in [9.17, 15) is 8.42 Å². The van der Waals surface area contributed by atoms with E-state index in [0.29, 0.717) is 19.3 Å². The van der Waals surface area contributed by atoms with Crippen molar-refractivity contribution in [1.82, 2.24) is 4.72 Å². The molecular weight excluding hydrogens is 262 g/mol. The van der Waals surface area contributed by atoms with E-state index < -0.39 is 15.6 Å². The molecule has 1 aliphatic carbocycles. The molecule has 112 valence electrons. The summed E-state index contributed by atoms with van der Waals surface area (Å²) in [6, 6.07) is 0. The van der Waals surface area contributed by atoms with Gasteiger partial charge >= 0.3 is 0 Å². The Morgan fingerprint density at radius 1 is 1.21 bits per heavy atom. The van der Waals surface area contributed by atoms with Gasteiger partial charge in [0.1, 0.15) is 5.84 Å². The maximum atomic E-state index is 12.1. The number of nitrogens with two attached hydrogens (primary N) is 1. The topological polar surface area (TPSA) is 96.0 Å². The number of rotatable bonds is 6. The summed E-state index contributed by atoms with van der Waals surface area (Å²) >= 11 is 0. The van der Waals surface area contributed by atoms with Gasteiger partial charge in [0.25, 0.3) is 0 Å². The van der Waals surface area contributed by atoms with E-state index in [1.807, 2.05) is 6.92 Å². The van der Waals surface area contributed by atoms with E-state index in [0.717, 1.165) is 32.1 Å². The first-order valence-corrected chi connectivity index (χ1v) is 8.93. The lowest BCUT2D eigenvalue weighted by Crippen LogP contribution is -2.57. The first-order chi connectivity index (χ1) is 8.92. The summed E-state index contributed by atoms with van der Waals surface area (Å²) in [5, 5.41) is 7.81. The van der Waals surface area contributed by atoms with Gasteiger partial charge in [-0.3, -0.25) is 5.41 Å². The Kier molecular flexibility index (Phi) is 6.26. The maximum absolute atomic E-state index is 12.1. The third-order valence-corrected chi connectivity index (χ3v) is 5.37. The molecule has 0 unspecified atom stereocenters. The lowest BCUT2D eigenvalue weighted by Gasteiger charge is -2.35. The Labute approximate surface area is 116 Å². The molecule has 6 heteroatoms. The highest BCUT2D eigenvalue weighted by Crippen LogP contribution is 2.27. The SMILES string of the molecule is CCCCS(=O)(=O)NC1(C(=N)N)CCCCCCC1. The quantitative estimate of drug-likeness (QED) is 0.516. The van der Waals surface area contributed by atoms with Crippen LogP contribution in [-0.2, 0) is 10.0 Å². The Balaban J connectivity index is 2.82. The smallest absolute Gasteiger partial charge is 0.212 e. The first kappa shape index (κ1) is 16.4. The standard InChI is InChI=1S/C13H27N3O2S/c1-2-3-11-19(17,18)16-13(12(14)15)9-7-5-4-6-8-10-13/h16H,2-11H2,1H3,(H3,14,15). The van der Waals surface area contributed by atoms with Gasteiger partial charge in [0.2, 0.25) is 10.0 Å². The minimum atomic E-state index is -3.35. The van der Waals surface area contributed by atoms with E-state index in [-0.39, 0.29) is 11.6 Å². The predicted molar refractivity (Wildman–Crippen MR) is 78.8 cm³/mol. The number of unbranched alkanes of at least 4 members (excludes halogenated alkanes) is 1. The largest absolute Gasteiger partial charge is 0.386 e. The molecule has 0 saturated heterocycles. The molecule has 0 aliphatic heterocycles. The van der Waals surface area contributed by atoms with E-state index >= 15 is 0 Å². The molecule has 0 atom stereocenters. The molecule has 0 amide bonds. The third-order valence-electron chi connectivity index (χ3n) is 3.84. The zero-order chi connectivity index (χ0) is 14.4. The molecule has 1 aliphatic rings. The molecule has 1 saturated carbocycles. The van der Waals surface area contributed by atoms with Crippen molar-refractivity contribution in [2.45, 2.75) is 70.3 Å². The van der Waals surface area contributed by atoms with Gasteiger partial charge in [-0.15, -0.1) is 0 Å². The Morgan fingerprint density at radius 3 is 2.21 bits per heavy atom. The van der Waals surface area contributed by atoms with Gasteiger partial charge < -0.3 is 5.73 Å². The van der Waals surface area contributed by atoms with Crippen molar-refractivity contribution in [3.63, 3.8) is 0 Å². The molecule has 4 N–H and O–H groups in total. The van der Waals surface area contributed by atoms with Crippen LogP contribution in [0.15, 0.2) is 0 Å². The van der Waals surface area contributed by atoms with Crippen molar-refractivity contribution in [2.24, 2.45) is 5.73 Å². The minimum absolute atomic E-state index is 0.0329. The maximum Gasteiger partial charge on any atom is 0.212 e. The number of nitrogens with one attached hydrogen (secondary N) is 2. The van der Waals surface area contributed by atoms with Crippen LogP contribution in [0.25, 0.3) is 0 Å². The van der Waals surface area contributed by atoms with Crippen molar-refractivity contribution < 1.29 is 8.42 Å². The fourth-order valence-corrected chi connectivity index (χ4v) is 4.30. The zero-order valence-corrected chi connectivity index (χ0v) is 12.7. The lowest BCUT2D eigenvalue weighted by molar-refractivity contribution is 0.367. The van der Waals surface area contributed by atoms with Crippen molar-refractivity contribution in [3.8, 4) is 0 Å². The van der Waals surface area contributed by atoms with Crippen molar-refractivity contribution in [3.05, 3.63) is 0 Å². The van der Waals surface area contributed by atoms with Crippen LogP contribution in [0.5, 0.6) is 0 Å². The van der Waals surface area contributed by atoms with Gasteiger partial charge in [-0.2, -0.15) is 0 Å². The van der Waals surface area contributed by atoms with Crippen LogP contribution in [-0.4, -0.2) is 25.5 Å². The molecule has 0 radical (unpaired) electrons. The molecule has 1 fully saturated rings. The van der Waals surface area contributed by atoms with Crippen LogP contribution in [0.2, 0.25) is 0 Å². The Morgan fingerprint density at radius 2 is 1.74 bits per heavy atom. The molecule has 0 aromatic heterocycles. The summed E-state index contributed by atoms with van der Waals surface area (Å²) in [4.78, 5) is 0. The minimum Gasteiger partial charge on any atom is -0.386 e. The highest BCUT2D eigenvalue weighted by molar-refractivity contribution is 7.89. The summed E-state index contributed by atoms with van der Waals surface area (Å²) in [5.74, 6) is 0.0906. The summed E-state index contributed by atoms with van der Waals surface area (Å²) in [6.07, 6.45) is 8.00. The molecule has 1 rings (SSSR count). The molecule has 0 heterocycles. The van der Waals surface area contributed by atoms with Crippen LogP contribution < -0.4 is 10.5 Å². The zero-order valence-electron chi connectivity index (χ0n) is 11.9. The molecule has 19 heavy (non-hydrogen) atoms. The van der Waals surface area contributed by atoms with E-state index in [2.05, 4.69) is 4.72 Å². The van der Waals surface area contributed by atoms with Crippen LogP contribution in [0, 0.1) is 5.41 Å². The number of hydrogen-bond donors (Lipinski definition) is 3. The summed E-state index contributed by atoms with van der Waals surface area (Å²) in [7, 11) is -3.35. The molecular formula is C13H27N3O2S. The third kappa shape index (κ3) is 5.10. The van der Waals surface area contributed by atoms with Crippen molar-refractivity contribution in [1.29, 1.82) is 5.41 Å². The normalized spacial score (nSPS) is 20.5. The van der Waals surface area contributed by atoms with Gasteiger partial charge in [0.05, 0.1) is 11.3 Å². The predicted octanol–water partition coefficient (Wildman–Crippen LogP) is 2.12. The molecule has 5 nitrogen and oxygen atoms in total. The Hall–Kier alpha value is -0.620. The average molecular weight is 289 g/mol. The van der Waals surface area contributed by atoms with E-state index in [4.69, 9.17) is 11.1 Å². The summed E-state index contributed by atoms with van der Waals surface area (Å²) in [6.45, 7) is 1.96. The van der Waals surface area contributed by atoms with Gasteiger partial charge in [-0.25, -0.2) is 13.1 Å². The van der Waals surface area contributed by atoms with Gasteiger partial charge in [0.15, 0.2) is 0 Å². The van der Waals surface area contributed by atoms with E-state index in [1.165, 1.54) is 6.42 Å². The highest BCUT2D eigenvalue weighted by atomic mass is 32.2. The van der Waals surface area contributed by atoms with Crippen LogP contribution in [0.3, 0.4) is 0 Å². The van der Waals surface area contributed by atoms with Gasteiger partial charge in [-0.1, -0.05) is 45.4 Å². The van der Waals surface area contributed by atoms with Crippen molar-refractivity contribution in [2.75, 3.05) is 5.75 Å². The number of amidine groups is 1. The molecule has 0 spiro atoms. The molecule has 0 aromatic carbocycles. The second-order valence-electron chi connectivity index (χ2n) is 5.54. The highest BCUT2D eigenvalue weighted by Gasteiger charge is 2.37. The first-order valence-electron chi connectivity index (χ1n) is 7.28. The van der Waals surface area contributed by atoms with Crippen molar-refractivity contribution >= 4 is 15.9 Å². The lowest BCUT2D eigenvalue weighted by atomic mass is 9.84. The van der Waals surface area contributed by atoms with Gasteiger partial charge in [0, 0.05) is 0 Å². The Bertz CT molecular complexity index is 385. The average Bonchev–Trinajstić information content (AvgIpc) is 2.30. The second-order valence-corrected chi connectivity index (χ2v) is 7.38. The molecule has 0 bridgehead atoms. The molecule has 0 aromatic rings. The summed E-state index contributed by atoms with van der Waals surface area (Å²) in [5.41, 5.74) is 4.87. The van der Waals surface area contributed by atoms with Crippen LogP contribution >= 0.6 is 0 Å². The van der Waals surface area contributed by atoms with E-state index in [1.54, 1.807) is 0 Å². The second kappa shape index (κ2) is 7.24. The van der Waals surface area contributed by atoms with Gasteiger partial charge in [-0.05, 0) is 19.3 Å². The van der Waals surface area contributed by atoms with Crippen LogP contribution in [0.1, 0.15) is 64.7 Å². The fourth-order valence-electron chi connectivity index (χ4n) is 2.62. The van der Waals surface area contributed by atoms with Crippen LogP contribution in [0.4, 0.5) is 0 Å². The summed E-state index contributed by atoms with van der Waals surface area (Å²) < 4.78 is 26.9. The number of hydrogen-bond acceptors (Lipinski definition) is 3. The monoisotopic (exact) mass is 289 g/mol.